The van der Waals surface area contributed by atoms with Crippen molar-refractivity contribution in [2.24, 2.45) is 0 Å². The molecule has 0 unspecified atom stereocenters. The van der Waals surface area contributed by atoms with Gasteiger partial charge in [0.1, 0.15) is 23.0 Å². The van der Waals surface area contributed by atoms with Gasteiger partial charge < -0.3 is 29.6 Å². The number of carbonyl (C=O) groups excluding carboxylic acids is 2. The lowest BCUT2D eigenvalue weighted by molar-refractivity contribution is -0.345. The summed E-state index contributed by atoms with van der Waals surface area (Å²) in [4.78, 5) is 23.9. The highest BCUT2D eigenvalue weighted by Gasteiger charge is 2.84. The van der Waals surface area contributed by atoms with Crippen LogP contribution in [0.5, 0.6) is 23.0 Å². The molecule has 2 rings (SSSR count). The normalized spacial score (nSPS) is 12.4. The number of halogens is 8. The second kappa shape index (κ2) is 10.8. The Morgan fingerprint density at radius 2 is 0.895 bits per heavy atom. The van der Waals surface area contributed by atoms with Crippen molar-refractivity contribution in [3.8, 4) is 23.0 Å². The molecule has 2 N–H and O–H groups in total. The molecule has 38 heavy (non-hydrogen) atoms. The number of nitrogens with one attached hydrogen (secondary N) is 2. The van der Waals surface area contributed by atoms with E-state index in [0.29, 0.717) is 0 Å². The Balaban J connectivity index is 2.38. The van der Waals surface area contributed by atoms with Crippen molar-refractivity contribution < 1.29 is 63.7 Å². The zero-order valence-corrected chi connectivity index (χ0v) is 19.9. The topological polar surface area (TPSA) is 95.1 Å². The number of carbonyl (C=O) groups is 2. The molecule has 0 fully saturated rings. The first kappa shape index (κ1) is 30.2. The number of hydrogen-bond donors (Lipinski definition) is 2. The number of hydrogen-bond acceptors (Lipinski definition) is 6. The fourth-order valence-electron chi connectivity index (χ4n) is 2.88. The molecule has 0 atom stereocenters. The van der Waals surface area contributed by atoms with E-state index in [0.717, 1.165) is 50.6 Å². The van der Waals surface area contributed by atoms with E-state index in [9.17, 15) is 44.7 Å². The maximum Gasteiger partial charge on any atom is 0.393 e. The molecular formula is C22H20F8N2O6. The van der Waals surface area contributed by atoms with Gasteiger partial charge in [0.15, 0.2) is 0 Å². The molecule has 0 aliphatic rings. The van der Waals surface area contributed by atoms with E-state index in [2.05, 4.69) is 0 Å². The highest BCUT2D eigenvalue weighted by atomic mass is 19.4. The second-order valence-electron chi connectivity index (χ2n) is 7.34. The largest absolute Gasteiger partial charge is 0.497 e. The van der Waals surface area contributed by atoms with Crippen LogP contribution in [-0.4, -0.2) is 63.9 Å². The van der Waals surface area contributed by atoms with Crippen LogP contribution < -0.4 is 29.6 Å². The Morgan fingerprint density at radius 3 is 1.16 bits per heavy atom. The third-order valence-electron chi connectivity index (χ3n) is 5.07. The van der Waals surface area contributed by atoms with Gasteiger partial charge in [0.2, 0.25) is 0 Å². The SMILES string of the molecule is COc1ccc(NC(=O)C(F)(F)C(F)(F)C(F)(F)C(F)(F)C(=O)Nc2ccc(OC)cc2OC)c(OC)c1. The van der Waals surface area contributed by atoms with Crippen LogP contribution in [0.1, 0.15) is 0 Å². The van der Waals surface area contributed by atoms with E-state index in [1.807, 2.05) is 0 Å². The minimum absolute atomic E-state index is 0.0719. The minimum atomic E-state index is -7.07. The Bertz CT molecular complexity index is 1100. The van der Waals surface area contributed by atoms with Crippen molar-refractivity contribution in [1.82, 2.24) is 0 Å². The zero-order valence-electron chi connectivity index (χ0n) is 19.9. The summed E-state index contributed by atoms with van der Waals surface area (Å²) in [6.45, 7) is 0. The van der Waals surface area contributed by atoms with E-state index in [1.165, 1.54) is 24.9 Å². The predicted octanol–water partition coefficient (Wildman–Crippen LogP) is 4.84. The van der Waals surface area contributed by atoms with Gasteiger partial charge in [-0.25, -0.2) is 0 Å². The first-order chi connectivity index (χ1) is 17.5. The zero-order chi connectivity index (χ0) is 29.1. The molecule has 2 amide bonds. The van der Waals surface area contributed by atoms with Crippen LogP contribution in [0.25, 0.3) is 0 Å². The highest BCUT2D eigenvalue weighted by Crippen LogP contribution is 2.53. The molecule has 0 saturated heterocycles. The molecule has 0 radical (unpaired) electrons. The second-order valence-corrected chi connectivity index (χ2v) is 7.34. The third-order valence-corrected chi connectivity index (χ3v) is 5.07. The van der Waals surface area contributed by atoms with Crippen molar-refractivity contribution >= 4 is 23.2 Å². The van der Waals surface area contributed by atoms with Gasteiger partial charge in [-0.2, -0.15) is 35.1 Å². The monoisotopic (exact) mass is 560 g/mol. The summed E-state index contributed by atoms with van der Waals surface area (Å²) in [5, 5.41) is 2.44. The maximum atomic E-state index is 14.4. The van der Waals surface area contributed by atoms with E-state index in [1.54, 1.807) is 0 Å². The molecule has 0 bridgehead atoms. The quantitative estimate of drug-likeness (QED) is 0.382. The molecule has 210 valence electrons. The molecule has 0 heterocycles. The summed E-state index contributed by atoms with van der Waals surface area (Å²) >= 11 is 0. The molecule has 8 nitrogen and oxygen atoms in total. The Morgan fingerprint density at radius 1 is 0.579 bits per heavy atom. The van der Waals surface area contributed by atoms with Crippen LogP contribution in [0.2, 0.25) is 0 Å². The van der Waals surface area contributed by atoms with Gasteiger partial charge >= 0.3 is 35.5 Å². The Hall–Kier alpha value is -3.98. The van der Waals surface area contributed by atoms with Crippen molar-refractivity contribution in [1.29, 1.82) is 0 Å². The number of amides is 2. The molecule has 2 aromatic rings. The van der Waals surface area contributed by atoms with Crippen LogP contribution in [0, 0.1) is 0 Å². The van der Waals surface area contributed by atoms with Crippen LogP contribution in [0.4, 0.5) is 46.5 Å². The van der Waals surface area contributed by atoms with Crippen LogP contribution in [-0.2, 0) is 9.59 Å². The number of methoxy groups -OCH3 is 4. The van der Waals surface area contributed by atoms with Crippen LogP contribution in [0.3, 0.4) is 0 Å². The fraction of sp³-hybridized carbons (Fsp3) is 0.364. The van der Waals surface area contributed by atoms with Crippen molar-refractivity contribution in [3.05, 3.63) is 36.4 Å². The summed E-state index contributed by atoms with van der Waals surface area (Å²) in [5.41, 5.74) is -1.40. The van der Waals surface area contributed by atoms with Gasteiger partial charge in [0, 0.05) is 12.1 Å². The molecule has 0 spiro atoms. The smallest absolute Gasteiger partial charge is 0.393 e. The molecular weight excluding hydrogens is 540 g/mol. The average Bonchev–Trinajstić information content (AvgIpc) is 2.88. The van der Waals surface area contributed by atoms with E-state index in [-0.39, 0.29) is 11.5 Å². The van der Waals surface area contributed by atoms with Crippen molar-refractivity contribution in [2.75, 3.05) is 39.1 Å². The van der Waals surface area contributed by atoms with Crippen LogP contribution in [0.15, 0.2) is 36.4 Å². The minimum Gasteiger partial charge on any atom is -0.497 e. The summed E-state index contributed by atoms with van der Waals surface area (Å²) in [6.07, 6.45) is 0. The Labute approximate surface area is 209 Å². The van der Waals surface area contributed by atoms with Gasteiger partial charge in [0.05, 0.1) is 39.8 Å². The van der Waals surface area contributed by atoms with E-state index >= 15 is 0 Å². The Kier molecular flexibility index (Phi) is 8.59. The molecule has 2 aromatic carbocycles. The average molecular weight is 560 g/mol. The van der Waals surface area contributed by atoms with E-state index < -0.39 is 58.4 Å². The van der Waals surface area contributed by atoms with Gasteiger partial charge in [-0.3, -0.25) is 9.59 Å². The first-order valence-electron chi connectivity index (χ1n) is 10.1. The fourth-order valence-corrected chi connectivity index (χ4v) is 2.88. The number of ether oxygens (including phenoxy) is 4. The molecule has 0 aliphatic heterocycles. The molecule has 16 heteroatoms. The summed E-state index contributed by atoms with van der Waals surface area (Å²) in [6, 6.07) is 5.85. The summed E-state index contributed by atoms with van der Waals surface area (Å²) in [7, 11) is 4.38. The maximum absolute atomic E-state index is 14.4. The number of rotatable bonds is 11. The predicted molar refractivity (Wildman–Crippen MR) is 116 cm³/mol. The van der Waals surface area contributed by atoms with Crippen LogP contribution >= 0.6 is 0 Å². The lowest BCUT2D eigenvalue weighted by Gasteiger charge is -2.35. The first-order valence-corrected chi connectivity index (χ1v) is 10.1. The third kappa shape index (κ3) is 5.19. The lowest BCUT2D eigenvalue weighted by Crippen LogP contribution is -2.67. The number of alkyl halides is 8. The number of anilines is 2. The summed E-state index contributed by atoms with van der Waals surface area (Å²) in [5.74, 6) is -33.9. The molecule has 0 aliphatic carbocycles. The molecule has 0 aromatic heterocycles. The number of benzene rings is 2. The lowest BCUT2D eigenvalue weighted by atomic mass is 9.97. The van der Waals surface area contributed by atoms with Gasteiger partial charge in [-0.05, 0) is 24.3 Å². The summed E-state index contributed by atoms with van der Waals surface area (Å²) < 4.78 is 134. The van der Waals surface area contributed by atoms with E-state index in [4.69, 9.17) is 18.9 Å². The highest BCUT2D eigenvalue weighted by molar-refractivity contribution is 6.00. The van der Waals surface area contributed by atoms with Crippen molar-refractivity contribution in [3.63, 3.8) is 0 Å². The van der Waals surface area contributed by atoms with Gasteiger partial charge in [0.25, 0.3) is 0 Å². The molecule has 0 saturated carbocycles. The van der Waals surface area contributed by atoms with Crippen molar-refractivity contribution in [2.45, 2.75) is 23.7 Å². The van der Waals surface area contributed by atoms with Gasteiger partial charge in [-0.15, -0.1) is 0 Å². The standard InChI is InChI=1S/C22H20F8N2O6/c1-35-11-5-7-13(15(9-11)37-3)31-17(33)19(23,24)21(27,28)22(29,30)20(25,26)18(34)32-14-8-6-12(36-2)10-16(14)38-4/h5-10H,1-4H3,(H,31,33)(H,32,34). The van der Waals surface area contributed by atoms with Gasteiger partial charge in [-0.1, -0.05) is 0 Å².